The summed E-state index contributed by atoms with van der Waals surface area (Å²) in [4.78, 5) is 143. The number of aryl methyl sites for hydroxylation is 2. The van der Waals surface area contributed by atoms with Gasteiger partial charge < -0.3 is 61.6 Å². The minimum Gasteiger partial charge on any atom is -0.493 e. The van der Waals surface area contributed by atoms with E-state index >= 15 is 0 Å². The lowest BCUT2D eigenvalue weighted by atomic mass is 9.93. The first-order chi connectivity index (χ1) is 71.2. The highest BCUT2D eigenvalue weighted by Crippen LogP contribution is 2.51. The molecule has 0 fully saturated rings. The topological polar surface area (TPSA) is 325 Å². The SMILES string of the molecule is C=C(C)C(=O)Oc1cc(-c2ccc(OC(=O)C(=C)C)c3c2CCC3OC(=O)C(=C)C)ccc1OC.C=C(C)C(=O)Oc1cc(F)cc(-c2ccc(OC(=O)C(=C)C)c3c2CCC3OC(=O)C(=C)C)c1.C=CC(=O)OC1CCc2c(-c3cc(C)cc(OC(=O)C(=C)C)c3)cccc21.C=CC(=O)OC1CCc2c(-c3cc(F)cc(OC(=O)C(=C)C)c3)cccc21.C=CC(=O)OC1CCc2c(-c3cc(OC(=O)C(=C)C)ccc3C)cccc21. The van der Waals surface area contributed by atoms with Crippen molar-refractivity contribution < 1.29 is 128 Å². The van der Waals surface area contributed by atoms with Gasteiger partial charge in [0.05, 0.1) is 7.11 Å². The largest absolute Gasteiger partial charge is 0.493 e. The van der Waals surface area contributed by atoms with Crippen molar-refractivity contribution in [3.63, 3.8) is 0 Å². The molecule has 150 heavy (non-hydrogen) atoms. The van der Waals surface area contributed by atoms with E-state index in [0.717, 1.165) is 138 Å². The zero-order valence-corrected chi connectivity index (χ0v) is 85.8. The molecule has 25 nitrogen and oxygen atoms in total. The number of esters is 12. The summed E-state index contributed by atoms with van der Waals surface area (Å²) < 4.78 is 99.2. The van der Waals surface area contributed by atoms with Gasteiger partial charge in [0.25, 0.3) is 0 Å². The standard InChI is InChI=1S/C28H28O7.C27H25FO6.2C23H22O4.C22H19FO4/c1-15(2)26(29)33-22-12-9-19(20-10-13-23(25(20)22)34-27(30)16(3)4)18-8-11-21(32-7)24(14-18)35-28(31)17(5)6;1-14(2)25(29)32-19-12-17(11-18(28)13-19)20-7-9-22(33-26(30)15(3)4)24-21(20)8-10-23(24)34-27(31)16(5)6;1-5-22(24)27-21-10-9-19-18(7-6-8-20(19)21)16-11-15(4)12-17(13-16)26-23(25)14(2)3;1-5-22(24)27-21-12-11-18-17(7-6-8-19(18)21)20-13-16(10-9-15(20)4)26-23(25)14(2)3;1-4-21(24)27-20-9-8-18-17(6-5-7-19(18)20)14-10-15(23)12-16(11-14)26-22(25)13(2)3/h8-9,11-12,14,23H,1,3,5,10,13H2,2,4,6-7H3;7,9,11-13,23H,1,3,5,8,10H2,2,4,6H3;5-8,11-13,21H,1-2,9-10H2,3-4H3;5-10,13,21H,1-2,11-12H2,3-4H3;4-7,10-12,20H,1-2,8-9H2,3H3. The zero-order valence-electron chi connectivity index (χ0n) is 85.8. The molecule has 0 N–H and O–H groups in total. The first kappa shape index (κ1) is 113. The molecule has 15 rings (SSSR count). The number of halogens is 2. The second-order valence-corrected chi connectivity index (χ2v) is 36.5. The van der Waals surface area contributed by atoms with Crippen molar-refractivity contribution in [3.8, 4) is 102 Å². The number of benzene rings is 10. The Bertz CT molecular complexity index is 7140. The minimum atomic E-state index is -0.679. The van der Waals surface area contributed by atoms with E-state index in [-0.39, 0.29) is 80.3 Å². The van der Waals surface area contributed by atoms with Gasteiger partial charge in [-0.2, -0.15) is 0 Å². The van der Waals surface area contributed by atoms with Crippen LogP contribution in [0.1, 0.15) is 192 Å². The van der Waals surface area contributed by atoms with E-state index in [2.05, 4.69) is 85.0 Å². The van der Waals surface area contributed by atoms with Crippen molar-refractivity contribution in [1.82, 2.24) is 0 Å². The Morgan fingerprint density at radius 2 is 0.580 bits per heavy atom. The first-order valence-electron chi connectivity index (χ1n) is 47.7. The van der Waals surface area contributed by atoms with Gasteiger partial charge in [0.1, 0.15) is 76.7 Å². The first-order valence-corrected chi connectivity index (χ1v) is 47.7. The summed E-state index contributed by atoms with van der Waals surface area (Å²) in [5, 5.41) is 0. The molecule has 0 spiro atoms. The van der Waals surface area contributed by atoms with Crippen molar-refractivity contribution in [3.05, 3.63) is 396 Å². The molecular formula is C123H116F2O25. The smallest absolute Gasteiger partial charge is 0.338 e. The van der Waals surface area contributed by atoms with Gasteiger partial charge in [-0.1, -0.05) is 164 Å². The molecule has 5 atom stereocenters. The van der Waals surface area contributed by atoms with Crippen molar-refractivity contribution >= 4 is 71.6 Å². The normalized spacial score (nSPS) is 14.5. The van der Waals surface area contributed by atoms with Crippen LogP contribution >= 0.6 is 0 Å². The maximum Gasteiger partial charge on any atom is 0.338 e. The molecule has 5 aliphatic rings. The summed E-state index contributed by atoms with van der Waals surface area (Å²) in [5.41, 5.74) is 21.5. The molecule has 27 heteroatoms. The Balaban J connectivity index is 0.000000179. The van der Waals surface area contributed by atoms with Gasteiger partial charge in [0.15, 0.2) is 11.5 Å². The van der Waals surface area contributed by atoms with Crippen LogP contribution in [0, 0.1) is 25.5 Å². The number of carbonyl (C=O) groups excluding carboxylic acids is 12. The Kier molecular flexibility index (Phi) is 37.9. The second-order valence-electron chi connectivity index (χ2n) is 36.5. The van der Waals surface area contributed by atoms with E-state index in [1.165, 1.54) is 65.2 Å². The predicted octanol–water partition coefficient (Wildman–Crippen LogP) is 25.4. The maximum absolute atomic E-state index is 14.4. The van der Waals surface area contributed by atoms with Gasteiger partial charge >= 0.3 is 71.6 Å². The number of rotatable bonds is 30. The predicted molar refractivity (Wildman–Crippen MR) is 564 cm³/mol. The summed E-state index contributed by atoms with van der Waals surface area (Å²) >= 11 is 0. The van der Waals surface area contributed by atoms with Gasteiger partial charge in [-0.25, -0.2) is 66.3 Å². The van der Waals surface area contributed by atoms with E-state index in [1.54, 1.807) is 77.1 Å². The fourth-order valence-corrected chi connectivity index (χ4v) is 17.1. The van der Waals surface area contributed by atoms with Crippen molar-refractivity contribution in [2.75, 3.05) is 7.11 Å². The molecule has 5 unspecified atom stereocenters. The summed E-state index contributed by atoms with van der Waals surface area (Å²) in [7, 11) is 1.48. The molecule has 0 bridgehead atoms. The Labute approximate surface area is 869 Å². The lowest BCUT2D eigenvalue weighted by Gasteiger charge is -2.19. The molecule has 0 radical (unpaired) electrons. The number of hydrogen-bond acceptors (Lipinski definition) is 25. The number of carbonyl (C=O) groups is 12. The van der Waals surface area contributed by atoms with Crippen LogP contribution in [0.2, 0.25) is 0 Å². The van der Waals surface area contributed by atoms with Crippen LogP contribution in [0.5, 0.6) is 46.0 Å². The van der Waals surface area contributed by atoms with Crippen LogP contribution in [-0.2, 0) is 113 Å². The molecule has 772 valence electrons. The lowest BCUT2D eigenvalue weighted by Crippen LogP contribution is -2.14. The van der Waals surface area contributed by atoms with E-state index in [0.29, 0.717) is 100 Å². The molecule has 10 aromatic rings. The highest BCUT2D eigenvalue weighted by molar-refractivity contribution is 5.96. The van der Waals surface area contributed by atoms with E-state index < -0.39 is 95.5 Å². The maximum atomic E-state index is 14.4. The van der Waals surface area contributed by atoms with Gasteiger partial charge in [-0.3, -0.25) is 0 Å². The summed E-state index contributed by atoms with van der Waals surface area (Å²) in [6.07, 6.45) is 7.83. The van der Waals surface area contributed by atoms with E-state index in [4.69, 9.17) is 61.6 Å². The van der Waals surface area contributed by atoms with Crippen molar-refractivity contribution in [1.29, 1.82) is 0 Å². The monoisotopic (exact) mass is 2030 g/mol. The molecule has 5 aliphatic carbocycles. The number of ether oxygens (including phenoxy) is 13. The van der Waals surface area contributed by atoms with Crippen LogP contribution in [0.15, 0.2) is 317 Å². The van der Waals surface area contributed by atoms with Gasteiger partial charge in [0.2, 0.25) is 0 Å². The molecular weight excluding hydrogens is 1920 g/mol. The van der Waals surface area contributed by atoms with E-state index in [9.17, 15) is 66.3 Å². The fraction of sp³-hybridized carbons (Fsp3) is 0.220. The Hall–Kier alpha value is -17.6. The minimum absolute atomic E-state index is 0.0257. The third-order valence-corrected chi connectivity index (χ3v) is 24.3. The summed E-state index contributed by atoms with van der Waals surface area (Å²) in [6.45, 7) is 60.7. The third-order valence-electron chi connectivity index (χ3n) is 24.3. The average Bonchev–Trinajstić information content (AvgIpc) is 1.61. The Morgan fingerprint density at radius 3 is 0.947 bits per heavy atom. The second kappa shape index (κ2) is 50.5. The molecule has 0 amide bonds. The van der Waals surface area contributed by atoms with Crippen LogP contribution in [0.3, 0.4) is 0 Å². The van der Waals surface area contributed by atoms with Gasteiger partial charge in [-0.15, -0.1) is 0 Å². The highest BCUT2D eigenvalue weighted by atomic mass is 19.1. The summed E-state index contributed by atoms with van der Waals surface area (Å²) in [6, 6.07) is 48.9. The third kappa shape index (κ3) is 28.4. The van der Waals surface area contributed by atoms with Gasteiger partial charge in [0, 0.05) is 91.6 Å². The Morgan fingerprint density at radius 1 is 0.273 bits per heavy atom. The quantitative estimate of drug-likeness (QED) is 0.0175. The van der Waals surface area contributed by atoms with Crippen LogP contribution in [0.4, 0.5) is 8.78 Å². The fourth-order valence-electron chi connectivity index (χ4n) is 17.1. The lowest BCUT2D eigenvalue weighted by molar-refractivity contribution is -0.145. The molecule has 0 heterocycles. The van der Waals surface area contributed by atoms with Crippen LogP contribution in [-0.4, -0.2) is 78.7 Å². The van der Waals surface area contributed by atoms with Crippen molar-refractivity contribution in [2.45, 2.75) is 171 Å². The number of methoxy groups -OCH3 is 1. The molecule has 0 saturated heterocycles. The summed E-state index contributed by atoms with van der Waals surface area (Å²) in [5.74, 6) is -5.16. The van der Waals surface area contributed by atoms with Crippen LogP contribution in [0.25, 0.3) is 55.6 Å². The average molecular weight is 2030 g/mol. The highest BCUT2D eigenvalue weighted by Gasteiger charge is 2.38. The number of fused-ring (bicyclic) bond motifs is 5. The van der Waals surface area contributed by atoms with Crippen molar-refractivity contribution in [2.24, 2.45) is 0 Å². The van der Waals surface area contributed by atoms with Crippen LogP contribution < -0.4 is 37.9 Å². The van der Waals surface area contributed by atoms with Gasteiger partial charge in [-0.05, 0) is 324 Å². The molecule has 0 aromatic heterocycles. The molecule has 10 aromatic carbocycles. The number of hydrogen-bond donors (Lipinski definition) is 0. The molecule has 0 saturated carbocycles. The van der Waals surface area contributed by atoms with E-state index in [1.807, 2.05) is 105 Å². The zero-order chi connectivity index (χ0) is 110. The molecule has 0 aliphatic heterocycles.